The molecule has 1 aromatic heterocycles. The van der Waals surface area contributed by atoms with Gasteiger partial charge in [-0.3, -0.25) is 14.9 Å². The summed E-state index contributed by atoms with van der Waals surface area (Å²) >= 11 is 0. The smallest absolute Gasteiger partial charge is 0.399 e. The van der Waals surface area contributed by atoms with E-state index < -0.39 is 16.7 Å². The Morgan fingerprint density at radius 3 is 2.53 bits per heavy atom. The lowest BCUT2D eigenvalue weighted by atomic mass is 10.2. The molecule has 2 rings (SSSR count). The van der Waals surface area contributed by atoms with Crippen LogP contribution in [0.15, 0.2) is 40.8 Å². The summed E-state index contributed by atoms with van der Waals surface area (Å²) in [6, 6.07) is 9.40. The van der Waals surface area contributed by atoms with Crippen LogP contribution in [0.1, 0.15) is 16.1 Å². The molecule has 3 N–H and O–H groups in total. The van der Waals surface area contributed by atoms with E-state index in [0.29, 0.717) is 5.69 Å². The van der Waals surface area contributed by atoms with Crippen molar-refractivity contribution in [3.05, 3.63) is 57.8 Å². The Kier molecular flexibility index (Phi) is 3.46. The fourth-order valence-corrected chi connectivity index (χ4v) is 1.45. The Morgan fingerprint density at radius 1 is 1.26 bits per heavy atom. The van der Waals surface area contributed by atoms with Gasteiger partial charge in [0.15, 0.2) is 5.76 Å². The molecule has 0 spiro atoms. The lowest BCUT2D eigenvalue weighted by Gasteiger charge is -2.03. The average molecular weight is 261 g/mol. The number of hydrogen-bond donors (Lipinski definition) is 2. The molecular formula is C12H11N3O4. The van der Waals surface area contributed by atoms with E-state index in [9.17, 15) is 14.9 Å². The van der Waals surface area contributed by atoms with Crippen molar-refractivity contribution in [3.8, 4) is 0 Å². The molecule has 0 bridgehead atoms. The van der Waals surface area contributed by atoms with E-state index in [1.54, 1.807) is 24.3 Å². The molecule has 7 heteroatoms. The molecule has 1 aromatic carbocycles. The van der Waals surface area contributed by atoms with Crippen molar-refractivity contribution < 1.29 is 14.1 Å². The van der Waals surface area contributed by atoms with Crippen molar-refractivity contribution in [1.82, 2.24) is 5.32 Å². The summed E-state index contributed by atoms with van der Waals surface area (Å²) in [5.41, 5.74) is 7.04. The molecule has 0 saturated heterocycles. The zero-order valence-electron chi connectivity index (χ0n) is 9.83. The minimum absolute atomic E-state index is 0.0952. The summed E-state index contributed by atoms with van der Waals surface area (Å²) in [7, 11) is 0. The average Bonchev–Trinajstić information content (AvgIpc) is 2.87. The van der Waals surface area contributed by atoms with E-state index in [0.717, 1.165) is 11.6 Å². The van der Waals surface area contributed by atoms with Crippen molar-refractivity contribution >= 4 is 17.5 Å². The number of nitrogens with zero attached hydrogens (tertiary/aromatic N) is 1. The minimum Gasteiger partial charge on any atom is -0.399 e. The maximum absolute atomic E-state index is 11.7. The van der Waals surface area contributed by atoms with Crippen LogP contribution < -0.4 is 11.1 Å². The van der Waals surface area contributed by atoms with Gasteiger partial charge in [0.2, 0.25) is 0 Å². The molecule has 0 atom stereocenters. The van der Waals surface area contributed by atoms with Gasteiger partial charge in [-0.25, -0.2) is 0 Å². The summed E-state index contributed by atoms with van der Waals surface area (Å²) in [6.07, 6.45) is 0. The van der Waals surface area contributed by atoms with Crippen molar-refractivity contribution in [2.75, 3.05) is 5.73 Å². The molecule has 7 nitrogen and oxygen atoms in total. The highest BCUT2D eigenvalue weighted by Gasteiger charge is 2.16. The molecule has 0 unspecified atom stereocenters. The number of carbonyl (C=O) groups excluding carboxylic acids is 1. The van der Waals surface area contributed by atoms with Crippen LogP contribution in [0.25, 0.3) is 0 Å². The van der Waals surface area contributed by atoms with Gasteiger partial charge in [-0.1, -0.05) is 12.1 Å². The van der Waals surface area contributed by atoms with Gasteiger partial charge in [-0.05, 0) is 23.8 Å². The van der Waals surface area contributed by atoms with Gasteiger partial charge in [0, 0.05) is 12.2 Å². The molecule has 0 fully saturated rings. The number of rotatable bonds is 4. The minimum atomic E-state index is -0.698. The van der Waals surface area contributed by atoms with Crippen LogP contribution >= 0.6 is 0 Å². The van der Waals surface area contributed by atoms with Crippen LogP contribution in [0.5, 0.6) is 0 Å². The van der Waals surface area contributed by atoms with Gasteiger partial charge < -0.3 is 15.5 Å². The van der Waals surface area contributed by atoms with Gasteiger partial charge >= 0.3 is 5.88 Å². The monoisotopic (exact) mass is 261 g/mol. The first-order chi connectivity index (χ1) is 9.06. The Bertz CT molecular complexity index is 604. The van der Waals surface area contributed by atoms with Crippen LogP contribution in [0.3, 0.4) is 0 Å². The SMILES string of the molecule is Nc1ccc(CNC(=O)c2ccc([N+](=O)[O-])o2)cc1. The number of nitrogen functional groups attached to an aromatic ring is 1. The molecule has 2 aromatic rings. The number of nitrogens with two attached hydrogens (primary N) is 1. The Balaban J connectivity index is 1.97. The molecule has 19 heavy (non-hydrogen) atoms. The van der Waals surface area contributed by atoms with E-state index in [-0.39, 0.29) is 12.3 Å². The predicted octanol–water partition coefficient (Wildman–Crippen LogP) is 1.70. The number of benzene rings is 1. The third kappa shape index (κ3) is 3.09. The first kappa shape index (κ1) is 12.6. The number of hydrogen-bond acceptors (Lipinski definition) is 5. The second kappa shape index (κ2) is 5.21. The molecule has 0 aliphatic carbocycles. The summed E-state index contributed by atoms with van der Waals surface area (Å²) in [4.78, 5) is 21.4. The standard InChI is InChI=1S/C12H11N3O4/c13-9-3-1-8(2-4-9)7-14-12(16)10-5-6-11(19-10)15(17)18/h1-6H,7,13H2,(H,14,16). The molecule has 98 valence electrons. The van der Waals surface area contributed by atoms with E-state index in [4.69, 9.17) is 10.2 Å². The van der Waals surface area contributed by atoms with E-state index in [1.807, 2.05) is 0 Å². The normalized spacial score (nSPS) is 10.1. The second-order valence-electron chi connectivity index (χ2n) is 3.82. The number of nitro groups is 1. The quantitative estimate of drug-likeness (QED) is 0.494. The van der Waals surface area contributed by atoms with Crippen LogP contribution in [0.2, 0.25) is 0 Å². The molecule has 1 heterocycles. The summed E-state index contributed by atoms with van der Waals surface area (Å²) in [5.74, 6) is -1.07. The predicted molar refractivity (Wildman–Crippen MR) is 67.4 cm³/mol. The number of carbonyl (C=O) groups is 1. The first-order valence-electron chi connectivity index (χ1n) is 5.43. The van der Waals surface area contributed by atoms with E-state index >= 15 is 0 Å². The number of furan rings is 1. The zero-order valence-corrected chi connectivity index (χ0v) is 9.83. The second-order valence-corrected chi connectivity index (χ2v) is 3.82. The van der Waals surface area contributed by atoms with Crippen LogP contribution in [0.4, 0.5) is 11.6 Å². The fourth-order valence-electron chi connectivity index (χ4n) is 1.45. The highest BCUT2D eigenvalue weighted by atomic mass is 16.6. The zero-order chi connectivity index (χ0) is 13.8. The molecule has 0 saturated carbocycles. The highest BCUT2D eigenvalue weighted by molar-refractivity contribution is 5.91. The third-order valence-corrected chi connectivity index (χ3v) is 2.43. The highest BCUT2D eigenvalue weighted by Crippen LogP contribution is 2.15. The van der Waals surface area contributed by atoms with Crippen molar-refractivity contribution in [1.29, 1.82) is 0 Å². The third-order valence-electron chi connectivity index (χ3n) is 2.43. The lowest BCUT2D eigenvalue weighted by molar-refractivity contribution is -0.402. The van der Waals surface area contributed by atoms with Crippen molar-refractivity contribution in [2.24, 2.45) is 0 Å². The lowest BCUT2D eigenvalue weighted by Crippen LogP contribution is -2.22. The Morgan fingerprint density at radius 2 is 1.95 bits per heavy atom. The number of amides is 1. The maximum Gasteiger partial charge on any atom is 0.433 e. The molecule has 0 radical (unpaired) electrons. The molecule has 0 aliphatic rings. The number of anilines is 1. The summed E-state index contributed by atoms with van der Waals surface area (Å²) in [6.45, 7) is 0.285. The van der Waals surface area contributed by atoms with Gasteiger partial charge in [0.05, 0.1) is 6.07 Å². The van der Waals surface area contributed by atoms with Crippen molar-refractivity contribution in [2.45, 2.75) is 6.54 Å². The first-order valence-corrected chi connectivity index (χ1v) is 5.43. The van der Waals surface area contributed by atoms with Crippen LogP contribution in [-0.2, 0) is 6.54 Å². The Labute approximate surface area is 108 Å². The van der Waals surface area contributed by atoms with Crippen LogP contribution in [0, 0.1) is 10.1 Å². The van der Waals surface area contributed by atoms with E-state index in [2.05, 4.69) is 5.32 Å². The van der Waals surface area contributed by atoms with Gasteiger partial charge in [0.1, 0.15) is 4.92 Å². The fraction of sp³-hybridized carbons (Fsp3) is 0.0833. The van der Waals surface area contributed by atoms with Gasteiger partial charge in [-0.15, -0.1) is 0 Å². The summed E-state index contributed by atoms with van der Waals surface area (Å²) < 4.78 is 4.78. The van der Waals surface area contributed by atoms with Crippen LogP contribution in [-0.4, -0.2) is 10.8 Å². The van der Waals surface area contributed by atoms with E-state index in [1.165, 1.54) is 6.07 Å². The molecule has 1 amide bonds. The maximum atomic E-state index is 11.7. The Hall–Kier alpha value is -2.83. The number of nitrogens with one attached hydrogen (secondary N) is 1. The topological polar surface area (TPSA) is 111 Å². The molecule has 0 aliphatic heterocycles. The van der Waals surface area contributed by atoms with Crippen molar-refractivity contribution in [3.63, 3.8) is 0 Å². The summed E-state index contributed by atoms with van der Waals surface area (Å²) in [5, 5.41) is 13.0. The van der Waals surface area contributed by atoms with Gasteiger partial charge in [-0.2, -0.15) is 0 Å². The van der Waals surface area contributed by atoms with Gasteiger partial charge in [0.25, 0.3) is 5.91 Å². The largest absolute Gasteiger partial charge is 0.433 e. The molecular weight excluding hydrogens is 250 g/mol.